The maximum atomic E-state index is 12.8. The SMILES string of the molecule is CCOc1ccc(C(=O)C(Br)=Cc2cc(OC)cc(OC)c2OC)cc1N. The lowest BCUT2D eigenvalue weighted by Gasteiger charge is -2.13. The molecule has 0 aliphatic heterocycles. The van der Waals surface area contributed by atoms with Gasteiger partial charge in [-0.25, -0.2) is 0 Å². The number of rotatable bonds is 8. The van der Waals surface area contributed by atoms with Gasteiger partial charge in [0.25, 0.3) is 0 Å². The second-order valence-corrected chi connectivity index (χ2v) is 6.31. The number of nitrogens with two attached hydrogens (primary N) is 1. The summed E-state index contributed by atoms with van der Waals surface area (Å²) in [6.45, 7) is 2.37. The number of Topliss-reactive ketones (excluding diaryl/α,β-unsaturated/α-hetero) is 1. The van der Waals surface area contributed by atoms with Gasteiger partial charge in [0.1, 0.15) is 11.5 Å². The van der Waals surface area contributed by atoms with Crippen molar-refractivity contribution in [2.24, 2.45) is 0 Å². The second kappa shape index (κ2) is 9.32. The van der Waals surface area contributed by atoms with Crippen LogP contribution < -0.4 is 24.7 Å². The third kappa shape index (κ3) is 4.74. The van der Waals surface area contributed by atoms with Gasteiger partial charge in [0.15, 0.2) is 17.3 Å². The third-order valence-electron chi connectivity index (χ3n) is 3.79. The lowest BCUT2D eigenvalue weighted by atomic mass is 10.1. The molecule has 0 aromatic heterocycles. The highest BCUT2D eigenvalue weighted by Crippen LogP contribution is 2.37. The van der Waals surface area contributed by atoms with Crippen LogP contribution in [0.1, 0.15) is 22.8 Å². The van der Waals surface area contributed by atoms with E-state index in [1.165, 1.54) is 14.2 Å². The zero-order chi connectivity index (χ0) is 20.0. The second-order valence-electron chi connectivity index (χ2n) is 5.46. The van der Waals surface area contributed by atoms with E-state index in [2.05, 4.69) is 15.9 Å². The number of anilines is 1. The molecule has 0 aliphatic rings. The lowest BCUT2D eigenvalue weighted by Crippen LogP contribution is -2.03. The van der Waals surface area contributed by atoms with Crippen molar-refractivity contribution in [3.8, 4) is 23.0 Å². The van der Waals surface area contributed by atoms with Crippen molar-refractivity contribution in [1.82, 2.24) is 0 Å². The van der Waals surface area contributed by atoms with Crippen LogP contribution in [0.3, 0.4) is 0 Å². The van der Waals surface area contributed by atoms with Gasteiger partial charge >= 0.3 is 0 Å². The molecule has 7 heteroatoms. The molecule has 0 amide bonds. The van der Waals surface area contributed by atoms with Gasteiger partial charge in [0.2, 0.25) is 0 Å². The summed E-state index contributed by atoms with van der Waals surface area (Å²) >= 11 is 3.35. The molecule has 0 heterocycles. The smallest absolute Gasteiger partial charge is 0.200 e. The first kappa shape index (κ1) is 20.6. The number of halogens is 1. The largest absolute Gasteiger partial charge is 0.497 e. The molecular formula is C20H22BrNO5. The molecule has 0 bridgehead atoms. The number of nitrogen functional groups attached to an aromatic ring is 1. The molecule has 2 N–H and O–H groups in total. The molecule has 0 saturated carbocycles. The molecule has 27 heavy (non-hydrogen) atoms. The number of carbonyl (C=O) groups excluding carboxylic acids is 1. The number of hydrogen-bond acceptors (Lipinski definition) is 6. The Morgan fingerprint density at radius 2 is 1.81 bits per heavy atom. The predicted molar refractivity (Wildman–Crippen MR) is 109 cm³/mol. The highest BCUT2D eigenvalue weighted by Gasteiger charge is 2.16. The molecule has 2 aromatic carbocycles. The number of allylic oxidation sites excluding steroid dienone is 1. The molecule has 6 nitrogen and oxygen atoms in total. The van der Waals surface area contributed by atoms with E-state index in [4.69, 9.17) is 24.7 Å². The van der Waals surface area contributed by atoms with E-state index in [9.17, 15) is 4.79 Å². The number of ketones is 1. The van der Waals surface area contributed by atoms with Gasteiger partial charge in [-0.3, -0.25) is 4.79 Å². The highest BCUT2D eigenvalue weighted by atomic mass is 79.9. The minimum atomic E-state index is -0.228. The Morgan fingerprint density at radius 1 is 1.07 bits per heavy atom. The topological polar surface area (TPSA) is 80.0 Å². The van der Waals surface area contributed by atoms with Crippen LogP contribution in [-0.2, 0) is 0 Å². The number of carbonyl (C=O) groups is 1. The van der Waals surface area contributed by atoms with Crippen LogP contribution in [0.4, 0.5) is 5.69 Å². The Balaban J connectivity index is 2.42. The van der Waals surface area contributed by atoms with Gasteiger partial charge in [-0.2, -0.15) is 0 Å². The fourth-order valence-corrected chi connectivity index (χ4v) is 2.98. The molecule has 2 rings (SSSR count). The van der Waals surface area contributed by atoms with E-state index in [0.717, 1.165) is 0 Å². The first-order valence-electron chi connectivity index (χ1n) is 8.19. The standard InChI is InChI=1S/C20H22BrNO5/c1-5-27-17-7-6-12(10-16(17)22)19(23)15(21)9-13-8-14(24-2)11-18(25-3)20(13)26-4/h6-11H,5,22H2,1-4H3. The van der Waals surface area contributed by atoms with Crippen LogP contribution >= 0.6 is 15.9 Å². The molecule has 2 aromatic rings. The molecular weight excluding hydrogens is 414 g/mol. The average Bonchev–Trinajstić information content (AvgIpc) is 2.68. The molecule has 0 aliphatic carbocycles. The average molecular weight is 436 g/mol. The Hall–Kier alpha value is -2.67. The Morgan fingerprint density at radius 3 is 2.37 bits per heavy atom. The van der Waals surface area contributed by atoms with Crippen molar-refractivity contribution in [2.75, 3.05) is 33.7 Å². The normalized spacial score (nSPS) is 11.1. The van der Waals surface area contributed by atoms with E-state index >= 15 is 0 Å². The van der Waals surface area contributed by atoms with Crippen molar-refractivity contribution in [2.45, 2.75) is 6.92 Å². The fraction of sp³-hybridized carbons (Fsp3) is 0.250. The van der Waals surface area contributed by atoms with Crippen LogP contribution in [0, 0.1) is 0 Å². The maximum Gasteiger partial charge on any atom is 0.200 e. The third-order valence-corrected chi connectivity index (χ3v) is 4.38. The zero-order valence-corrected chi connectivity index (χ0v) is 17.3. The van der Waals surface area contributed by atoms with Crippen LogP contribution in [0.15, 0.2) is 34.8 Å². The number of hydrogen-bond donors (Lipinski definition) is 1. The predicted octanol–water partition coefficient (Wildman–Crippen LogP) is 4.31. The summed E-state index contributed by atoms with van der Waals surface area (Å²) in [4.78, 5) is 12.8. The Kier molecular flexibility index (Phi) is 7.12. The minimum Gasteiger partial charge on any atom is -0.497 e. The van der Waals surface area contributed by atoms with Crippen molar-refractivity contribution >= 4 is 33.5 Å². The van der Waals surface area contributed by atoms with E-state index in [0.29, 0.717) is 50.9 Å². The van der Waals surface area contributed by atoms with Gasteiger partial charge in [-0.15, -0.1) is 0 Å². The van der Waals surface area contributed by atoms with E-state index in [1.807, 2.05) is 6.92 Å². The van der Waals surface area contributed by atoms with E-state index in [1.54, 1.807) is 43.5 Å². The number of methoxy groups -OCH3 is 3. The highest BCUT2D eigenvalue weighted by molar-refractivity contribution is 9.12. The van der Waals surface area contributed by atoms with Gasteiger partial charge in [0.05, 0.1) is 38.1 Å². The molecule has 0 radical (unpaired) electrons. The van der Waals surface area contributed by atoms with Crippen molar-refractivity contribution in [1.29, 1.82) is 0 Å². The van der Waals surface area contributed by atoms with Gasteiger partial charge in [-0.05, 0) is 53.2 Å². The summed E-state index contributed by atoms with van der Waals surface area (Å²) in [6, 6.07) is 8.40. The van der Waals surface area contributed by atoms with Crippen LogP contribution in [0.5, 0.6) is 23.0 Å². The van der Waals surface area contributed by atoms with E-state index in [-0.39, 0.29) is 5.78 Å². The minimum absolute atomic E-state index is 0.228. The number of ether oxygens (including phenoxy) is 4. The quantitative estimate of drug-likeness (QED) is 0.377. The van der Waals surface area contributed by atoms with Crippen molar-refractivity contribution in [3.05, 3.63) is 45.9 Å². The van der Waals surface area contributed by atoms with Gasteiger partial charge in [0, 0.05) is 17.2 Å². The number of benzene rings is 2. The Bertz CT molecular complexity index is 864. The lowest BCUT2D eigenvalue weighted by molar-refractivity contribution is 0.104. The van der Waals surface area contributed by atoms with Gasteiger partial charge in [-0.1, -0.05) is 0 Å². The summed E-state index contributed by atoms with van der Waals surface area (Å²) in [6.07, 6.45) is 1.65. The van der Waals surface area contributed by atoms with Crippen molar-refractivity contribution < 1.29 is 23.7 Å². The van der Waals surface area contributed by atoms with E-state index < -0.39 is 0 Å². The summed E-state index contributed by atoms with van der Waals surface area (Å²) in [5.74, 6) is 1.90. The van der Waals surface area contributed by atoms with Crippen LogP contribution in [0.25, 0.3) is 6.08 Å². The molecule has 0 atom stereocenters. The summed E-state index contributed by atoms with van der Waals surface area (Å²) in [5.41, 5.74) is 7.43. The maximum absolute atomic E-state index is 12.8. The first-order valence-corrected chi connectivity index (χ1v) is 8.98. The van der Waals surface area contributed by atoms with Crippen LogP contribution in [-0.4, -0.2) is 33.7 Å². The van der Waals surface area contributed by atoms with Crippen LogP contribution in [0.2, 0.25) is 0 Å². The summed E-state index contributed by atoms with van der Waals surface area (Å²) in [7, 11) is 4.62. The molecule has 0 spiro atoms. The monoisotopic (exact) mass is 435 g/mol. The summed E-state index contributed by atoms with van der Waals surface area (Å²) < 4.78 is 21.8. The fourth-order valence-electron chi connectivity index (χ4n) is 2.51. The van der Waals surface area contributed by atoms with Gasteiger partial charge < -0.3 is 24.7 Å². The first-order chi connectivity index (χ1) is 12.9. The van der Waals surface area contributed by atoms with Crippen molar-refractivity contribution in [3.63, 3.8) is 0 Å². The summed E-state index contributed by atoms with van der Waals surface area (Å²) in [5, 5.41) is 0. The zero-order valence-electron chi connectivity index (χ0n) is 15.7. The molecule has 0 fully saturated rings. The molecule has 144 valence electrons. The Labute approximate surface area is 167 Å². The molecule has 0 unspecified atom stereocenters. The molecule has 0 saturated heterocycles.